The molecular weight excluding hydrogens is 313 g/mol. The van der Waals surface area contributed by atoms with Gasteiger partial charge in [-0.15, -0.1) is 0 Å². The molecule has 1 heterocycles. The van der Waals surface area contributed by atoms with Crippen molar-refractivity contribution in [1.82, 2.24) is 9.78 Å². The van der Waals surface area contributed by atoms with Crippen molar-refractivity contribution in [2.75, 3.05) is 0 Å². The zero-order chi connectivity index (χ0) is 13.8. The summed E-state index contributed by atoms with van der Waals surface area (Å²) in [6.07, 6.45) is 4.05. The van der Waals surface area contributed by atoms with Crippen LogP contribution in [0.2, 0.25) is 0 Å². The molecule has 3 aromatic rings. The van der Waals surface area contributed by atoms with Crippen molar-refractivity contribution in [2.24, 2.45) is 0 Å². The molecule has 0 amide bonds. The van der Waals surface area contributed by atoms with E-state index in [0.29, 0.717) is 4.36 Å². The first-order chi connectivity index (χ1) is 9.83. The molecule has 1 N–H and O–H groups in total. The second kappa shape index (κ2) is 5.86. The summed E-state index contributed by atoms with van der Waals surface area (Å²) in [5, 5.41) is 12.6. The monoisotopic (exact) mass is 327 g/mol. The Morgan fingerprint density at radius 1 is 0.900 bits per heavy atom. The normalized spacial score (nSPS) is 11.0. The molecule has 4 heteroatoms. The van der Waals surface area contributed by atoms with Crippen LogP contribution in [-0.4, -0.2) is 24.3 Å². The van der Waals surface area contributed by atoms with Gasteiger partial charge in [0.1, 0.15) is 0 Å². The minimum absolute atomic E-state index is 0.0267. The van der Waals surface area contributed by atoms with Gasteiger partial charge in [0.25, 0.3) is 0 Å². The maximum absolute atomic E-state index is 8.06. The fourth-order valence-electron chi connectivity index (χ4n) is 1.85. The number of aromatic nitrogens is 2. The molecule has 0 spiro atoms. The first-order valence-corrected chi connectivity index (χ1v) is 7.97. The Labute approximate surface area is 123 Å². The fourth-order valence-corrected chi connectivity index (χ4v) is 3.30. The van der Waals surface area contributed by atoms with Gasteiger partial charge in [0.05, 0.1) is 0 Å². The third-order valence-electron chi connectivity index (χ3n) is 2.81. The molecule has 2 aromatic carbocycles. The average Bonchev–Trinajstić information content (AvgIpc) is 2.88. The summed E-state index contributed by atoms with van der Waals surface area (Å²) in [7, 11) is 0. The van der Waals surface area contributed by atoms with E-state index in [0.717, 1.165) is 15.8 Å². The van der Waals surface area contributed by atoms with E-state index in [2.05, 4.69) is 17.2 Å². The van der Waals surface area contributed by atoms with Crippen LogP contribution in [0.1, 0.15) is 10.1 Å². The van der Waals surface area contributed by atoms with Crippen LogP contribution in [0.3, 0.4) is 0 Å². The molecule has 0 saturated heterocycles. The molecule has 98 valence electrons. The average molecular weight is 326 g/mol. The Morgan fingerprint density at radius 3 is 2.25 bits per heavy atom. The summed E-state index contributed by atoms with van der Waals surface area (Å²) in [6.45, 7) is 0. The molecular formula is C16H13N3Se. The summed E-state index contributed by atoms with van der Waals surface area (Å²) in [6, 6.07) is 20.0. The number of rotatable bonds is 3. The number of nitrogens with one attached hydrogen (secondary N) is 1. The van der Waals surface area contributed by atoms with Crippen LogP contribution >= 0.6 is 0 Å². The second-order valence-electron chi connectivity index (χ2n) is 4.24. The molecule has 1 aromatic heterocycles. The molecule has 0 bridgehead atoms. The first kappa shape index (κ1) is 12.9. The van der Waals surface area contributed by atoms with E-state index in [1.807, 2.05) is 60.7 Å². The Morgan fingerprint density at radius 2 is 1.55 bits per heavy atom. The zero-order valence-electron chi connectivity index (χ0n) is 10.7. The predicted octanol–water partition coefficient (Wildman–Crippen LogP) is 2.58. The number of para-hydroxylation sites is 1. The van der Waals surface area contributed by atoms with E-state index in [4.69, 9.17) is 5.41 Å². The molecule has 0 unspecified atom stereocenters. The Hall–Kier alpha value is -2.16. The molecule has 20 heavy (non-hydrogen) atoms. The summed E-state index contributed by atoms with van der Waals surface area (Å²) in [5.41, 5.74) is 2.10. The molecule has 0 saturated carbocycles. The van der Waals surface area contributed by atoms with Crippen molar-refractivity contribution in [3.8, 4) is 5.69 Å². The van der Waals surface area contributed by atoms with Gasteiger partial charge in [-0.2, -0.15) is 0 Å². The van der Waals surface area contributed by atoms with Crippen LogP contribution in [0, 0.1) is 5.41 Å². The minimum atomic E-state index is -0.0267. The molecule has 0 fully saturated rings. The standard InChI is InChI=1S/C16H13N3Se/c17-16-19(14-9-5-2-6-10-14)18-15(20-16)12-11-13-7-3-1-4-8-13/h1-12,17H/b12-11+,17-16?. The van der Waals surface area contributed by atoms with Crippen LogP contribution in [-0.2, 0) is 0 Å². The Bertz CT molecular complexity index is 770. The fraction of sp³-hybridized carbons (Fsp3) is 0. The molecule has 0 aliphatic carbocycles. The van der Waals surface area contributed by atoms with Gasteiger partial charge in [-0.3, -0.25) is 0 Å². The Balaban J connectivity index is 1.90. The van der Waals surface area contributed by atoms with Gasteiger partial charge in [0.15, 0.2) is 0 Å². The van der Waals surface area contributed by atoms with Gasteiger partial charge in [-0.05, 0) is 0 Å². The van der Waals surface area contributed by atoms with Crippen molar-refractivity contribution >= 4 is 26.7 Å². The van der Waals surface area contributed by atoms with E-state index in [1.54, 1.807) is 4.68 Å². The first-order valence-electron chi connectivity index (χ1n) is 6.26. The molecule has 3 nitrogen and oxygen atoms in total. The van der Waals surface area contributed by atoms with Crippen molar-refractivity contribution in [1.29, 1.82) is 5.41 Å². The van der Waals surface area contributed by atoms with E-state index in [-0.39, 0.29) is 14.5 Å². The van der Waals surface area contributed by atoms with Crippen LogP contribution in [0.4, 0.5) is 0 Å². The summed E-state index contributed by atoms with van der Waals surface area (Å²) < 4.78 is 3.25. The van der Waals surface area contributed by atoms with E-state index in [1.165, 1.54) is 0 Å². The molecule has 0 aliphatic rings. The molecule has 0 radical (unpaired) electrons. The van der Waals surface area contributed by atoms with Crippen LogP contribution in [0.25, 0.3) is 17.8 Å². The topological polar surface area (TPSA) is 41.7 Å². The SMILES string of the molecule is N=c1[se]c(/C=C/c2ccccc2)nn1-c1ccccc1. The second-order valence-corrected chi connectivity index (χ2v) is 6.35. The summed E-state index contributed by atoms with van der Waals surface area (Å²) >= 11 is -0.0267. The molecule has 3 rings (SSSR count). The van der Waals surface area contributed by atoms with Gasteiger partial charge in [-0.1, -0.05) is 0 Å². The number of nitrogens with zero attached hydrogens (tertiary/aromatic N) is 2. The predicted molar refractivity (Wildman–Crippen MR) is 81.7 cm³/mol. The quantitative estimate of drug-likeness (QED) is 0.739. The summed E-state index contributed by atoms with van der Waals surface area (Å²) in [5.74, 6) is 0. The number of benzene rings is 2. The molecule has 0 aliphatic heterocycles. The van der Waals surface area contributed by atoms with Gasteiger partial charge in [0, 0.05) is 0 Å². The van der Waals surface area contributed by atoms with E-state index >= 15 is 0 Å². The van der Waals surface area contributed by atoms with Crippen LogP contribution in [0.15, 0.2) is 60.7 Å². The number of hydrogen-bond donors (Lipinski definition) is 1. The van der Waals surface area contributed by atoms with E-state index < -0.39 is 0 Å². The van der Waals surface area contributed by atoms with Gasteiger partial charge in [0.2, 0.25) is 0 Å². The third kappa shape index (κ3) is 2.87. The van der Waals surface area contributed by atoms with E-state index in [9.17, 15) is 0 Å². The van der Waals surface area contributed by atoms with Gasteiger partial charge in [-0.25, -0.2) is 0 Å². The van der Waals surface area contributed by atoms with Gasteiger partial charge < -0.3 is 0 Å². The van der Waals surface area contributed by atoms with Crippen molar-refractivity contribution < 1.29 is 0 Å². The summed E-state index contributed by atoms with van der Waals surface area (Å²) in [4.78, 5) is 0. The van der Waals surface area contributed by atoms with Crippen LogP contribution < -0.4 is 4.36 Å². The Kier molecular flexibility index (Phi) is 3.77. The van der Waals surface area contributed by atoms with Crippen molar-refractivity contribution in [3.63, 3.8) is 0 Å². The third-order valence-corrected chi connectivity index (χ3v) is 4.47. The maximum atomic E-state index is 8.06. The van der Waals surface area contributed by atoms with Crippen molar-refractivity contribution in [3.05, 3.63) is 75.2 Å². The molecule has 0 atom stereocenters. The van der Waals surface area contributed by atoms with Crippen LogP contribution in [0.5, 0.6) is 0 Å². The van der Waals surface area contributed by atoms with Crippen molar-refractivity contribution in [2.45, 2.75) is 0 Å². The zero-order valence-corrected chi connectivity index (χ0v) is 12.4. The number of hydrogen-bond acceptors (Lipinski definition) is 2. The van der Waals surface area contributed by atoms with Gasteiger partial charge >= 0.3 is 123 Å².